The molecule has 1 atom stereocenters. The van der Waals surface area contributed by atoms with E-state index in [0.717, 1.165) is 12.8 Å². The van der Waals surface area contributed by atoms with Gasteiger partial charge in [-0.15, -0.1) is 0 Å². The molecule has 0 aromatic carbocycles. The molecule has 4 nitrogen and oxygen atoms in total. The Bertz CT molecular complexity index is 171. The summed E-state index contributed by atoms with van der Waals surface area (Å²) in [4.78, 5) is 2.75. The van der Waals surface area contributed by atoms with E-state index in [1.165, 1.54) is 19.3 Å². The molecule has 0 heterocycles. The van der Waals surface area contributed by atoms with Crippen LogP contribution in [0.4, 0.5) is 0 Å². The van der Waals surface area contributed by atoms with E-state index in [4.69, 9.17) is 10.6 Å². The lowest BCUT2D eigenvalue weighted by Gasteiger charge is -2.25. The Hall–Kier alpha value is -0.730. The number of hydrogen-bond donors (Lipinski definition) is 1. The summed E-state index contributed by atoms with van der Waals surface area (Å²) in [6.07, 6.45) is 5.91. The second-order valence-corrected chi connectivity index (χ2v) is 3.35. The highest BCUT2D eigenvalue weighted by Gasteiger charge is 2.21. The molecule has 1 N–H and O–H groups in total. The van der Waals surface area contributed by atoms with E-state index < -0.39 is 0 Å². The first kappa shape index (κ1) is 9.36. The molecule has 12 heavy (non-hydrogen) atoms. The van der Waals surface area contributed by atoms with Crippen molar-refractivity contribution in [2.45, 2.75) is 38.1 Å². The summed E-state index contributed by atoms with van der Waals surface area (Å²) in [6.45, 7) is -0.00523. The van der Waals surface area contributed by atoms with Crippen LogP contribution in [-0.4, -0.2) is 17.8 Å². The van der Waals surface area contributed by atoms with Crippen molar-refractivity contribution in [2.75, 3.05) is 6.61 Å². The summed E-state index contributed by atoms with van der Waals surface area (Å²) < 4.78 is 0. The van der Waals surface area contributed by atoms with Crippen molar-refractivity contribution in [1.82, 2.24) is 0 Å². The van der Waals surface area contributed by atoms with E-state index >= 15 is 0 Å². The lowest BCUT2D eigenvalue weighted by atomic mass is 9.84. The monoisotopic (exact) mass is 169 g/mol. The van der Waals surface area contributed by atoms with Crippen molar-refractivity contribution in [1.29, 1.82) is 0 Å². The summed E-state index contributed by atoms with van der Waals surface area (Å²) in [6, 6.07) is -0.185. The largest absolute Gasteiger partial charge is 0.396 e. The first-order chi connectivity index (χ1) is 5.88. The number of aliphatic hydroxyl groups excluding tert-OH is 1. The van der Waals surface area contributed by atoms with Gasteiger partial charge in [-0.2, -0.15) is 0 Å². The number of aliphatic hydroxyl groups is 1. The third kappa shape index (κ3) is 2.40. The maximum atomic E-state index is 8.94. The van der Waals surface area contributed by atoms with Gasteiger partial charge in [-0.3, -0.25) is 0 Å². The molecule has 0 aliphatic heterocycles. The first-order valence-corrected chi connectivity index (χ1v) is 4.53. The van der Waals surface area contributed by atoms with E-state index in [2.05, 4.69) is 10.0 Å². The molecule has 0 radical (unpaired) electrons. The molecule has 1 saturated carbocycles. The lowest BCUT2D eigenvalue weighted by Crippen LogP contribution is -2.24. The average Bonchev–Trinajstić information content (AvgIpc) is 2.15. The van der Waals surface area contributed by atoms with Crippen molar-refractivity contribution in [3.05, 3.63) is 10.4 Å². The molecule has 0 spiro atoms. The minimum absolute atomic E-state index is 0.00523. The van der Waals surface area contributed by atoms with Gasteiger partial charge in [0.05, 0.1) is 12.6 Å². The molecule has 4 heteroatoms. The molecule has 0 saturated heterocycles. The normalized spacial score (nSPS) is 21.4. The van der Waals surface area contributed by atoms with Gasteiger partial charge in [-0.05, 0) is 24.3 Å². The fourth-order valence-corrected chi connectivity index (χ4v) is 1.87. The average molecular weight is 169 g/mol. The number of nitrogens with zero attached hydrogens (tertiary/aromatic N) is 3. The van der Waals surface area contributed by atoms with E-state index in [1.807, 2.05) is 0 Å². The third-order valence-corrected chi connectivity index (χ3v) is 2.58. The molecule has 1 aliphatic carbocycles. The molecule has 0 aromatic heterocycles. The topological polar surface area (TPSA) is 69.0 Å². The van der Waals surface area contributed by atoms with E-state index in [-0.39, 0.29) is 12.6 Å². The number of azide groups is 1. The van der Waals surface area contributed by atoms with E-state index in [1.54, 1.807) is 0 Å². The minimum Gasteiger partial charge on any atom is -0.396 e. The smallest absolute Gasteiger partial charge is 0.0633 e. The van der Waals surface area contributed by atoms with Gasteiger partial charge >= 0.3 is 0 Å². The summed E-state index contributed by atoms with van der Waals surface area (Å²) in [5, 5.41) is 12.5. The SMILES string of the molecule is [N-]=[N+]=NC(CO)C1CCCCC1. The van der Waals surface area contributed by atoms with Gasteiger partial charge in [0.25, 0.3) is 0 Å². The second-order valence-electron chi connectivity index (χ2n) is 3.35. The Morgan fingerprint density at radius 3 is 2.58 bits per heavy atom. The summed E-state index contributed by atoms with van der Waals surface area (Å²) in [5.41, 5.74) is 8.25. The molecule has 1 fully saturated rings. The summed E-state index contributed by atoms with van der Waals surface area (Å²) in [5.74, 6) is 0.416. The van der Waals surface area contributed by atoms with Crippen LogP contribution in [0.2, 0.25) is 0 Å². The number of rotatable bonds is 3. The Kier molecular flexibility index (Phi) is 3.91. The van der Waals surface area contributed by atoms with Gasteiger partial charge < -0.3 is 5.11 Å². The van der Waals surface area contributed by atoms with E-state index in [9.17, 15) is 0 Å². The Balaban J connectivity index is 2.45. The van der Waals surface area contributed by atoms with Crippen molar-refractivity contribution >= 4 is 0 Å². The molecule has 1 rings (SSSR count). The minimum atomic E-state index is -0.185. The highest BCUT2D eigenvalue weighted by Crippen LogP contribution is 2.27. The highest BCUT2D eigenvalue weighted by molar-refractivity contribution is 4.78. The fraction of sp³-hybridized carbons (Fsp3) is 1.00. The fourth-order valence-electron chi connectivity index (χ4n) is 1.87. The van der Waals surface area contributed by atoms with Gasteiger partial charge in [0.1, 0.15) is 0 Å². The van der Waals surface area contributed by atoms with Crippen LogP contribution in [0.3, 0.4) is 0 Å². The molecule has 1 unspecified atom stereocenters. The van der Waals surface area contributed by atoms with Crippen molar-refractivity contribution in [2.24, 2.45) is 11.0 Å². The molecule has 0 aromatic rings. The third-order valence-electron chi connectivity index (χ3n) is 2.58. The van der Waals surface area contributed by atoms with Gasteiger partial charge in [0.2, 0.25) is 0 Å². The summed E-state index contributed by atoms with van der Waals surface area (Å²) in [7, 11) is 0. The van der Waals surface area contributed by atoms with Crippen LogP contribution in [0.25, 0.3) is 10.4 Å². The standard InChI is InChI=1S/C8H15N3O/c9-11-10-8(6-12)7-4-2-1-3-5-7/h7-8,12H,1-6H2. The van der Waals surface area contributed by atoms with Crippen LogP contribution in [0, 0.1) is 5.92 Å². The Labute approximate surface area is 72.2 Å². The molecule has 0 bridgehead atoms. The zero-order valence-electron chi connectivity index (χ0n) is 7.19. The van der Waals surface area contributed by atoms with Crippen molar-refractivity contribution in [3.8, 4) is 0 Å². The maximum Gasteiger partial charge on any atom is 0.0633 e. The molecule has 0 amide bonds. The molecular weight excluding hydrogens is 154 g/mol. The number of hydrogen-bond acceptors (Lipinski definition) is 2. The predicted molar refractivity (Wildman–Crippen MR) is 46.6 cm³/mol. The van der Waals surface area contributed by atoms with Gasteiger partial charge in [0, 0.05) is 4.91 Å². The zero-order chi connectivity index (χ0) is 8.81. The second kappa shape index (κ2) is 5.01. The van der Waals surface area contributed by atoms with Gasteiger partial charge in [-0.25, -0.2) is 0 Å². The van der Waals surface area contributed by atoms with Crippen LogP contribution in [0.15, 0.2) is 5.11 Å². The van der Waals surface area contributed by atoms with Crippen molar-refractivity contribution < 1.29 is 5.11 Å². The molecule has 1 aliphatic rings. The van der Waals surface area contributed by atoms with E-state index in [0.29, 0.717) is 5.92 Å². The van der Waals surface area contributed by atoms with Crippen LogP contribution in [0.1, 0.15) is 32.1 Å². The van der Waals surface area contributed by atoms with Gasteiger partial charge in [0.15, 0.2) is 0 Å². The molecular formula is C8H15N3O. The highest BCUT2D eigenvalue weighted by atomic mass is 16.3. The Morgan fingerprint density at radius 1 is 1.42 bits per heavy atom. The molecule has 68 valence electrons. The quantitative estimate of drug-likeness (QED) is 0.393. The van der Waals surface area contributed by atoms with Crippen LogP contribution in [0.5, 0.6) is 0 Å². The zero-order valence-corrected chi connectivity index (χ0v) is 7.19. The lowest BCUT2D eigenvalue weighted by molar-refractivity contribution is 0.198. The van der Waals surface area contributed by atoms with Crippen LogP contribution >= 0.6 is 0 Å². The summed E-state index contributed by atoms with van der Waals surface area (Å²) >= 11 is 0. The Morgan fingerprint density at radius 2 is 2.08 bits per heavy atom. The van der Waals surface area contributed by atoms with Crippen molar-refractivity contribution in [3.63, 3.8) is 0 Å². The predicted octanol–water partition coefficient (Wildman–Crippen LogP) is 2.24. The first-order valence-electron chi connectivity index (χ1n) is 4.53. The van der Waals surface area contributed by atoms with Crippen LogP contribution in [-0.2, 0) is 0 Å². The maximum absolute atomic E-state index is 8.94. The van der Waals surface area contributed by atoms with Gasteiger partial charge in [-0.1, -0.05) is 24.4 Å². The van der Waals surface area contributed by atoms with Crippen LogP contribution < -0.4 is 0 Å².